The maximum absolute atomic E-state index is 13.4. The second-order valence-corrected chi connectivity index (χ2v) is 8.89. The van der Waals surface area contributed by atoms with Gasteiger partial charge in [-0.3, -0.25) is 14.2 Å². The fraction of sp³-hybridized carbons (Fsp3) is 0.480. The Labute approximate surface area is 199 Å². The van der Waals surface area contributed by atoms with Gasteiger partial charge in [-0.2, -0.15) is 4.98 Å². The highest BCUT2D eigenvalue weighted by Gasteiger charge is 2.25. The van der Waals surface area contributed by atoms with Gasteiger partial charge in [0.2, 0.25) is 5.95 Å². The molecule has 0 atom stereocenters. The van der Waals surface area contributed by atoms with Gasteiger partial charge >= 0.3 is 0 Å². The third-order valence-corrected chi connectivity index (χ3v) is 6.64. The standard InChI is InChI=1S/C25H33N7O2/c1-5-21(27-14-16(2)31-12-10-26-11-13-31)29-25-28-15-20-17(3)22(18(4)33)24(34)32(23(20)30-25)19-8-6-7-9-19/h5,14-15,19,26H,2,6-13H2,1,3-4H3,(H,28,29,30)/b21-5+,27-14-. The number of Topliss-reactive ketones (excluding diaryl/α,β-unsaturated/α-hetero) is 1. The maximum Gasteiger partial charge on any atom is 0.263 e. The van der Waals surface area contributed by atoms with Crippen LogP contribution in [0.1, 0.15) is 61.5 Å². The Balaban J connectivity index is 1.67. The molecule has 0 amide bonds. The molecule has 2 aromatic rings. The van der Waals surface area contributed by atoms with Crippen molar-refractivity contribution in [1.29, 1.82) is 0 Å². The molecule has 1 saturated carbocycles. The van der Waals surface area contributed by atoms with Crippen LogP contribution in [0, 0.1) is 6.92 Å². The van der Waals surface area contributed by atoms with Crippen molar-refractivity contribution in [3.63, 3.8) is 0 Å². The lowest BCUT2D eigenvalue weighted by Gasteiger charge is -2.29. The molecule has 1 aliphatic carbocycles. The molecule has 2 aromatic heterocycles. The highest BCUT2D eigenvalue weighted by atomic mass is 16.1. The number of aromatic nitrogens is 3. The van der Waals surface area contributed by atoms with Crippen molar-refractivity contribution in [3.8, 4) is 0 Å². The van der Waals surface area contributed by atoms with Gasteiger partial charge in [-0.1, -0.05) is 19.4 Å². The van der Waals surface area contributed by atoms with Gasteiger partial charge in [0.05, 0.1) is 11.8 Å². The van der Waals surface area contributed by atoms with Crippen molar-refractivity contribution in [2.45, 2.75) is 52.5 Å². The molecular weight excluding hydrogens is 430 g/mol. The lowest BCUT2D eigenvalue weighted by Crippen LogP contribution is -2.42. The summed E-state index contributed by atoms with van der Waals surface area (Å²) in [5.74, 6) is 0.711. The minimum atomic E-state index is -0.259. The zero-order chi connectivity index (χ0) is 24.2. The van der Waals surface area contributed by atoms with Crippen molar-refractivity contribution in [2.24, 2.45) is 4.99 Å². The molecule has 4 rings (SSSR count). The first kappa shape index (κ1) is 23.8. The predicted octanol–water partition coefficient (Wildman–Crippen LogP) is 3.18. The van der Waals surface area contributed by atoms with Crippen LogP contribution < -0.4 is 16.2 Å². The molecule has 2 fully saturated rings. The number of ketones is 1. The first-order chi connectivity index (χ1) is 16.4. The van der Waals surface area contributed by atoms with E-state index >= 15 is 0 Å². The molecule has 2 N–H and O–H groups in total. The Bertz CT molecular complexity index is 1220. The van der Waals surface area contributed by atoms with Gasteiger partial charge in [0.25, 0.3) is 5.56 Å². The molecule has 0 radical (unpaired) electrons. The summed E-state index contributed by atoms with van der Waals surface area (Å²) in [7, 11) is 0. The molecule has 9 heteroatoms. The number of nitrogens with one attached hydrogen (secondary N) is 2. The highest BCUT2D eigenvalue weighted by molar-refractivity contribution is 5.99. The summed E-state index contributed by atoms with van der Waals surface area (Å²) < 4.78 is 1.71. The minimum Gasteiger partial charge on any atom is -0.368 e. The number of pyridine rings is 1. The third kappa shape index (κ3) is 4.79. The number of aryl methyl sites for hydroxylation is 1. The Morgan fingerprint density at radius 1 is 1.29 bits per heavy atom. The summed E-state index contributed by atoms with van der Waals surface area (Å²) in [6, 6.07) is 0.0398. The highest BCUT2D eigenvalue weighted by Crippen LogP contribution is 2.31. The molecule has 180 valence electrons. The lowest BCUT2D eigenvalue weighted by molar-refractivity contribution is 0.101. The number of allylic oxidation sites excluding steroid dienone is 2. The summed E-state index contributed by atoms with van der Waals surface area (Å²) in [4.78, 5) is 41.6. The smallest absolute Gasteiger partial charge is 0.263 e. The average Bonchev–Trinajstić information content (AvgIpc) is 3.36. The van der Waals surface area contributed by atoms with Crippen molar-refractivity contribution in [2.75, 3.05) is 31.5 Å². The van der Waals surface area contributed by atoms with Crippen molar-refractivity contribution >= 4 is 29.0 Å². The number of aliphatic imine (C=N–C) groups is 1. The average molecular weight is 464 g/mol. The van der Waals surface area contributed by atoms with Crippen molar-refractivity contribution in [1.82, 2.24) is 24.8 Å². The molecule has 34 heavy (non-hydrogen) atoms. The van der Waals surface area contributed by atoms with Gasteiger partial charge in [-0.05, 0) is 45.3 Å². The molecular formula is C25H33N7O2. The molecule has 1 aliphatic heterocycles. The van der Waals surface area contributed by atoms with Gasteiger partial charge in [-0.15, -0.1) is 0 Å². The lowest BCUT2D eigenvalue weighted by atomic mass is 10.0. The van der Waals surface area contributed by atoms with Crippen LogP contribution in [0.25, 0.3) is 11.0 Å². The van der Waals surface area contributed by atoms with E-state index < -0.39 is 0 Å². The maximum atomic E-state index is 13.4. The Kier molecular flexibility index (Phi) is 7.21. The fourth-order valence-corrected chi connectivity index (χ4v) is 4.78. The van der Waals surface area contributed by atoms with Crippen LogP contribution in [0.5, 0.6) is 0 Å². The van der Waals surface area contributed by atoms with E-state index in [2.05, 4.69) is 32.1 Å². The van der Waals surface area contributed by atoms with Crippen LogP contribution in [0.2, 0.25) is 0 Å². The van der Waals surface area contributed by atoms with E-state index in [4.69, 9.17) is 4.98 Å². The number of rotatable bonds is 7. The third-order valence-electron chi connectivity index (χ3n) is 6.64. The van der Waals surface area contributed by atoms with Crippen molar-refractivity contribution < 1.29 is 4.79 Å². The van der Waals surface area contributed by atoms with Gasteiger partial charge in [0.1, 0.15) is 11.5 Å². The second kappa shape index (κ2) is 10.3. The van der Waals surface area contributed by atoms with E-state index in [1.807, 2.05) is 13.0 Å². The number of anilines is 1. The topological polar surface area (TPSA) is 105 Å². The minimum absolute atomic E-state index is 0.0398. The van der Waals surface area contributed by atoms with E-state index in [1.165, 1.54) is 6.92 Å². The van der Waals surface area contributed by atoms with E-state index in [0.29, 0.717) is 23.0 Å². The van der Waals surface area contributed by atoms with Crippen LogP contribution in [0.15, 0.2) is 40.2 Å². The Morgan fingerprint density at radius 2 is 2.00 bits per heavy atom. The monoisotopic (exact) mass is 463 g/mol. The quantitative estimate of drug-likeness (QED) is 0.480. The zero-order valence-electron chi connectivity index (χ0n) is 20.2. The van der Waals surface area contributed by atoms with Crippen LogP contribution in [-0.2, 0) is 0 Å². The number of hydrogen-bond donors (Lipinski definition) is 2. The predicted molar refractivity (Wildman–Crippen MR) is 135 cm³/mol. The van der Waals surface area contributed by atoms with Gasteiger partial charge in [0, 0.05) is 49.5 Å². The number of carbonyl (C=O) groups excluding carboxylic acids is 1. The first-order valence-corrected chi connectivity index (χ1v) is 12.0. The van der Waals surface area contributed by atoms with E-state index in [0.717, 1.165) is 62.9 Å². The number of carbonyl (C=O) groups is 1. The molecule has 9 nitrogen and oxygen atoms in total. The van der Waals surface area contributed by atoms with Gasteiger partial charge in [0.15, 0.2) is 5.78 Å². The summed E-state index contributed by atoms with van der Waals surface area (Å²) in [6.07, 6.45) is 9.20. The van der Waals surface area contributed by atoms with Crippen LogP contribution >= 0.6 is 0 Å². The summed E-state index contributed by atoms with van der Waals surface area (Å²) >= 11 is 0. The first-order valence-electron chi connectivity index (χ1n) is 12.0. The molecule has 3 heterocycles. The summed E-state index contributed by atoms with van der Waals surface area (Å²) in [6.45, 7) is 12.9. The van der Waals surface area contributed by atoms with Crippen molar-refractivity contribution in [3.05, 3.63) is 51.9 Å². The van der Waals surface area contributed by atoms with Gasteiger partial charge < -0.3 is 15.5 Å². The van der Waals surface area contributed by atoms with E-state index in [1.54, 1.807) is 23.9 Å². The molecule has 0 aromatic carbocycles. The zero-order valence-corrected chi connectivity index (χ0v) is 20.2. The largest absolute Gasteiger partial charge is 0.368 e. The fourth-order valence-electron chi connectivity index (χ4n) is 4.78. The van der Waals surface area contributed by atoms with Crippen LogP contribution in [0.3, 0.4) is 0 Å². The SMILES string of the molecule is C=C(/C=N\C(=C/C)Nc1ncc2c(C)c(C(C)=O)c(=O)n(C3CCCC3)c2n1)N1CCNCC1. The molecule has 2 aliphatic rings. The number of fused-ring (bicyclic) bond motifs is 1. The Morgan fingerprint density at radius 3 is 2.65 bits per heavy atom. The molecule has 0 bridgehead atoms. The number of nitrogens with zero attached hydrogens (tertiary/aromatic N) is 5. The molecule has 0 unspecified atom stereocenters. The van der Waals surface area contributed by atoms with Crippen LogP contribution in [-0.4, -0.2) is 57.6 Å². The van der Waals surface area contributed by atoms with E-state index in [-0.39, 0.29) is 22.9 Å². The molecule has 0 spiro atoms. The number of piperazine rings is 1. The van der Waals surface area contributed by atoms with Crippen LogP contribution in [0.4, 0.5) is 5.95 Å². The molecule has 1 saturated heterocycles. The van der Waals surface area contributed by atoms with E-state index in [9.17, 15) is 9.59 Å². The summed E-state index contributed by atoms with van der Waals surface area (Å²) in [5, 5.41) is 7.21. The Hall–Kier alpha value is -3.33. The second-order valence-electron chi connectivity index (χ2n) is 8.89. The number of hydrogen-bond acceptors (Lipinski definition) is 8. The summed E-state index contributed by atoms with van der Waals surface area (Å²) in [5.41, 5.74) is 2.01. The van der Waals surface area contributed by atoms with Gasteiger partial charge in [-0.25, -0.2) is 9.98 Å². The normalized spacial score (nSPS) is 17.6.